The zero-order valence-electron chi connectivity index (χ0n) is 4.13. The fourth-order valence-electron chi connectivity index (χ4n) is 0. The van der Waals surface area contributed by atoms with E-state index >= 15 is 0 Å². The average molecular weight is 164 g/mol. The molecular weight excluding hydrogens is 144 g/mol. The van der Waals surface area contributed by atoms with Crippen molar-refractivity contribution in [3.63, 3.8) is 0 Å². The van der Waals surface area contributed by atoms with Gasteiger partial charge in [0.05, 0.1) is 0 Å². The summed E-state index contributed by atoms with van der Waals surface area (Å²) in [5, 5.41) is 0. The molecule has 0 atom stereocenters. The maximum absolute atomic E-state index is 8.12. The molecule has 68 valence electrons. The molecule has 10 heavy (non-hydrogen) atoms. The van der Waals surface area contributed by atoms with Crippen molar-refractivity contribution in [3.05, 3.63) is 13.3 Å². The van der Waals surface area contributed by atoms with E-state index in [0.29, 0.717) is 0 Å². The van der Waals surface area contributed by atoms with Gasteiger partial charge in [0.15, 0.2) is 0 Å². The smallest absolute Gasteiger partial charge is 0 e. The predicted octanol–water partition coefficient (Wildman–Crippen LogP) is -0.688. The first-order chi connectivity index (χ1) is 3.41. The summed E-state index contributed by atoms with van der Waals surface area (Å²) in [4.78, 5) is 16.2. The minimum absolute atomic E-state index is 0. The van der Waals surface area contributed by atoms with Crippen molar-refractivity contribution in [1.29, 1.82) is 0 Å². The second-order valence-electron chi connectivity index (χ2n) is 0.0833. The second-order valence-corrected chi connectivity index (χ2v) is 0.0833. The van der Waals surface area contributed by atoms with Crippen molar-refractivity contribution in [2.75, 3.05) is 0 Å². The van der Waals surface area contributed by atoms with Crippen molar-refractivity contribution in [1.82, 2.24) is 0 Å². The molecule has 0 aliphatic heterocycles. The quantitative estimate of drug-likeness (QED) is 0.345. The fraction of sp³-hybridized carbons (Fsp3) is 0.250. The van der Waals surface area contributed by atoms with Gasteiger partial charge in [0.1, 0.15) is 0 Å². The first-order valence-electron chi connectivity index (χ1n) is 0.816. The molecule has 0 spiro atoms. The largest absolute Gasteiger partial charge is 0 e. The Labute approximate surface area is 63.8 Å². The normalized spacial score (nSPS) is 1.20. The first-order valence-corrected chi connectivity index (χ1v) is 0.816. The van der Waals surface area contributed by atoms with Crippen LogP contribution in [-0.4, -0.2) is 17.1 Å². The molecule has 0 saturated carbocycles. The third-order valence-electron chi connectivity index (χ3n) is 0. The maximum Gasteiger partial charge on any atom is 0 e. The van der Waals surface area contributed by atoms with Crippen LogP contribution in [0.5, 0.6) is 0 Å². The van der Waals surface area contributed by atoms with E-state index in [4.69, 9.17) is 18.9 Å². The molecule has 0 aliphatic carbocycles. The van der Waals surface area contributed by atoms with Gasteiger partial charge < -0.3 is 11.0 Å². The maximum atomic E-state index is 8.12. The third-order valence-corrected chi connectivity index (χ3v) is 0. The van der Waals surface area contributed by atoms with Gasteiger partial charge in [0, 0.05) is 5.71 Å². The summed E-state index contributed by atoms with van der Waals surface area (Å²) in [6.07, 6.45) is 0.250. The number of hydrogen-bond donors (Lipinski definition) is 0. The monoisotopic (exact) mass is 164 g/mol. The third kappa shape index (κ3) is 152. The Morgan fingerprint density at radius 2 is 1.10 bits per heavy atom. The van der Waals surface area contributed by atoms with Crippen LogP contribution in [0, 0.1) is 13.3 Å². The molecule has 0 bridgehead atoms. The van der Waals surface area contributed by atoms with Crippen LogP contribution in [0.15, 0.2) is 0 Å². The average Bonchev–Trinajstić information content (AvgIpc) is 1.78. The molecule has 0 heterocycles. The SMILES string of the molecule is C.O.O.O=C=O.[3HH].[3HH].[C-]#[O+].[C-]#[O+].[HH].[HH]. The van der Waals surface area contributed by atoms with Crippen molar-refractivity contribution >= 4 is 6.15 Å². The molecule has 0 aromatic carbocycles. The van der Waals surface area contributed by atoms with E-state index in [1.54, 1.807) is 0 Å². The topological polar surface area (TPSA) is 137 Å². The van der Waals surface area contributed by atoms with Gasteiger partial charge in [-0.2, -0.15) is 9.59 Å². The van der Waals surface area contributed by atoms with E-state index in [2.05, 4.69) is 13.3 Å². The Bertz CT molecular complexity index is 82.3. The zero-order valence-corrected chi connectivity index (χ0v) is 4.13. The predicted molar refractivity (Wildman–Crippen MR) is 35.3 cm³/mol. The second kappa shape index (κ2) is 7390. The minimum Gasteiger partial charge on any atom is 0 e. The Hall–Kier alpha value is -1.22. The zero-order chi connectivity index (χ0) is 6.71. The van der Waals surface area contributed by atoms with Crippen LogP contribution >= 0.6 is 0 Å². The van der Waals surface area contributed by atoms with E-state index in [1.807, 2.05) is 0 Å². The van der Waals surface area contributed by atoms with Gasteiger partial charge in [-0.25, -0.2) is 0 Å². The molecule has 6 heteroatoms. The molecule has 0 aliphatic rings. The van der Waals surface area contributed by atoms with E-state index in [9.17, 15) is 0 Å². The van der Waals surface area contributed by atoms with Crippen LogP contribution in [0.25, 0.3) is 0 Å². The number of hydrogen-bond acceptors (Lipinski definition) is 2. The molecule has 0 radical (unpaired) electrons. The summed E-state index contributed by atoms with van der Waals surface area (Å²) < 4.78 is 15.0. The van der Waals surface area contributed by atoms with Crippen LogP contribution in [0.1, 0.15) is 13.1 Å². The van der Waals surface area contributed by atoms with Crippen LogP contribution in [0.4, 0.5) is 0 Å². The molecule has 6 nitrogen and oxygen atoms in total. The molecule has 4 N–H and O–H groups in total. The van der Waals surface area contributed by atoms with Crippen LogP contribution in [0.3, 0.4) is 0 Å². The van der Waals surface area contributed by atoms with Crippen LogP contribution in [-0.2, 0) is 18.9 Å². The van der Waals surface area contributed by atoms with Crippen molar-refractivity contribution in [3.8, 4) is 0 Å². The van der Waals surface area contributed by atoms with Gasteiger partial charge in [0.25, 0.3) is 0 Å². The summed E-state index contributed by atoms with van der Waals surface area (Å²) in [7, 11) is 0. The Morgan fingerprint density at radius 3 is 1.10 bits per heavy atom. The Balaban J connectivity index is -0.00000000174. The van der Waals surface area contributed by atoms with E-state index in [0.717, 1.165) is 0 Å². The van der Waals surface area contributed by atoms with Crippen molar-refractivity contribution in [2.24, 2.45) is 0 Å². The summed E-state index contributed by atoms with van der Waals surface area (Å²) in [5.74, 6) is 0. The molecule has 0 rings (SSSR count). The molecule has 0 aromatic rings. The van der Waals surface area contributed by atoms with E-state index in [-0.39, 0.29) is 30.2 Å². The molecular formula is C4H16O6. The van der Waals surface area contributed by atoms with Crippen molar-refractivity contribution < 1.29 is 35.6 Å². The molecule has 0 saturated heterocycles. The summed E-state index contributed by atoms with van der Waals surface area (Å²) in [5.41, 5.74) is 0. The first kappa shape index (κ1) is 68.8. The number of carbonyl (C=O) groups excluding carboxylic acids is 2. The van der Waals surface area contributed by atoms with E-state index < -0.39 is 0 Å². The standard InChI is InChI=1S/CO2.2CO.CH4.2H2O.4H2/c2-1-3;2*1-2;;;;;;;/h;;;1H4;2*1H2;4*1H/i;;;;;;2*1+2;;. The van der Waals surface area contributed by atoms with Gasteiger partial charge in [-0.15, -0.1) is 0 Å². The fourth-order valence-corrected chi connectivity index (χ4v) is 0. The molecule has 0 aromatic heterocycles. The van der Waals surface area contributed by atoms with Gasteiger partial charge in [-0.1, -0.05) is 7.43 Å². The minimum atomic E-state index is 0. The number of rotatable bonds is 0. The van der Waals surface area contributed by atoms with Gasteiger partial charge in [-0.05, 0) is 0 Å². The Kier molecular flexibility index (Phi) is 50800. The molecule has 0 unspecified atom stereocenters. The molecule has 0 amide bonds. The van der Waals surface area contributed by atoms with E-state index in [1.165, 1.54) is 0 Å². The van der Waals surface area contributed by atoms with Gasteiger partial charge in [-0.3, -0.25) is 0 Å². The van der Waals surface area contributed by atoms with Gasteiger partial charge in [0.2, 0.25) is 0 Å². The molecule has 0 fully saturated rings. The summed E-state index contributed by atoms with van der Waals surface area (Å²) in [6, 6.07) is 0. The summed E-state index contributed by atoms with van der Waals surface area (Å²) >= 11 is 0. The van der Waals surface area contributed by atoms with Crippen LogP contribution in [0.2, 0.25) is 0 Å². The van der Waals surface area contributed by atoms with Crippen molar-refractivity contribution in [2.45, 2.75) is 7.43 Å². The Morgan fingerprint density at radius 1 is 1.10 bits per heavy atom. The summed E-state index contributed by atoms with van der Waals surface area (Å²) in [6.45, 7) is 9.00. The van der Waals surface area contributed by atoms with Gasteiger partial charge >= 0.3 is 28.8 Å². The van der Waals surface area contributed by atoms with Crippen LogP contribution < -0.4 is 0 Å².